The van der Waals surface area contributed by atoms with E-state index < -0.39 is 0 Å². The standard InChI is InChI=1S/C16H21N3O2/c20-15-6-5-14(16(21)19-15)11-1-3-12(4-2-11)18-13-7-9-17-10-8-13/h1-4,13-14,17-18H,5-10H2,(H,19,20,21). The molecule has 0 saturated carbocycles. The van der Waals surface area contributed by atoms with Crippen molar-refractivity contribution in [1.29, 1.82) is 0 Å². The molecule has 2 heterocycles. The molecule has 5 nitrogen and oxygen atoms in total. The molecular formula is C16H21N3O2. The van der Waals surface area contributed by atoms with Crippen molar-refractivity contribution in [2.45, 2.75) is 37.6 Å². The van der Waals surface area contributed by atoms with Crippen LogP contribution in [0.3, 0.4) is 0 Å². The first-order chi connectivity index (χ1) is 10.2. The summed E-state index contributed by atoms with van der Waals surface area (Å²) in [6, 6.07) is 8.56. The first-order valence-electron chi connectivity index (χ1n) is 7.63. The molecule has 1 aromatic carbocycles. The monoisotopic (exact) mass is 287 g/mol. The lowest BCUT2D eigenvalue weighted by Crippen LogP contribution is -2.39. The Morgan fingerprint density at radius 3 is 2.38 bits per heavy atom. The second kappa shape index (κ2) is 6.26. The molecule has 0 radical (unpaired) electrons. The Hall–Kier alpha value is -1.88. The normalized spacial score (nSPS) is 23.7. The van der Waals surface area contributed by atoms with Crippen molar-refractivity contribution in [2.75, 3.05) is 18.4 Å². The minimum atomic E-state index is -0.198. The molecule has 0 bridgehead atoms. The molecule has 2 fully saturated rings. The van der Waals surface area contributed by atoms with Gasteiger partial charge in [-0.25, -0.2) is 0 Å². The second-order valence-corrected chi connectivity index (χ2v) is 5.79. The number of carbonyl (C=O) groups excluding carboxylic acids is 2. The maximum absolute atomic E-state index is 11.9. The molecule has 1 aromatic rings. The van der Waals surface area contributed by atoms with Crippen LogP contribution < -0.4 is 16.0 Å². The zero-order valence-corrected chi connectivity index (χ0v) is 12.0. The van der Waals surface area contributed by atoms with E-state index in [0.717, 1.165) is 37.2 Å². The molecule has 0 aromatic heterocycles. The molecule has 1 atom stereocenters. The Morgan fingerprint density at radius 1 is 1.00 bits per heavy atom. The highest BCUT2D eigenvalue weighted by Crippen LogP contribution is 2.26. The molecule has 3 N–H and O–H groups in total. The topological polar surface area (TPSA) is 70.2 Å². The van der Waals surface area contributed by atoms with Crippen LogP contribution in [-0.2, 0) is 9.59 Å². The SMILES string of the molecule is O=C1CCC(c2ccc(NC3CCNCC3)cc2)C(=O)N1. The number of benzene rings is 1. The Bertz CT molecular complexity index is 521. The minimum absolute atomic E-state index is 0.166. The van der Waals surface area contributed by atoms with Gasteiger partial charge in [0.05, 0.1) is 5.92 Å². The summed E-state index contributed by atoms with van der Waals surface area (Å²) in [5.74, 6) is -0.540. The summed E-state index contributed by atoms with van der Waals surface area (Å²) in [4.78, 5) is 23.0. The highest BCUT2D eigenvalue weighted by atomic mass is 16.2. The van der Waals surface area contributed by atoms with Crippen molar-refractivity contribution in [3.63, 3.8) is 0 Å². The van der Waals surface area contributed by atoms with E-state index in [2.05, 4.69) is 16.0 Å². The summed E-state index contributed by atoms with van der Waals surface area (Å²) in [5, 5.41) is 9.29. The highest BCUT2D eigenvalue weighted by molar-refractivity contribution is 6.00. The lowest BCUT2D eigenvalue weighted by Gasteiger charge is -2.25. The molecule has 21 heavy (non-hydrogen) atoms. The van der Waals surface area contributed by atoms with Gasteiger partial charge in [-0.2, -0.15) is 0 Å². The number of rotatable bonds is 3. The molecule has 5 heteroatoms. The zero-order chi connectivity index (χ0) is 14.7. The molecule has 2 amide bonds. The van der Waals surface area contributed by atoms with Crippen LogP contribution in [0.1, 0.15) is 37.2 Å². The summed E-state index contributed by atoms with van der Waals surface area (Å²) in [6.07, 6.45) is 3.29. The fourth-order valence-corrected chi connectivity index (χ4v) is 3.03. The van der Waals surface area contributed by atoms with E-state index in [0.29, 0.717) is 18.9 Å². The molecule has 0 spiro atoms. The number of imide groups is 1. The molecule has 2 aliphatic heterocycles. The number of piperidine rings is 2. The molecule has 2 saturated heterocycles. The first kappa shape index (κ1) is 14.1. The van der Waals surface area contributed by atoms with E-state index in [1.807, 2.05) is 24.3 Å². The molecule has 112 valence electrons. The lowest BCUT2D eigenvalue weighted by atomic mass is 9.90. The number of carbonyl (C=O) groups is 2. The van der Waals surface area contributed by atoms with E-state index in [4.69, 9.17) is 0 Å². The quantitative estimate of drug-likeness (QED) is 0.734. The second-order valence-electron chi connectivity index (χ2n) is 5.79. The number of hydrogen-bond acceptors (Lipinski definition) is 4. The molecule has 3 rings (SSSR count). The minimum Gasteiger partial charge on any atom is -0.382 e. The largest absolute Gasteiger partial charge is 0.382 e. The Balaban J connectivity index is 1.63. The van der Waals surface area contributed by atoms with Gasteiger partial charge >= 0.3 is 0 Å². The zero-order valence-electron chi connectivity index (χ0n) is 12.0. The Labute approximate surface area is 124 Å². The summed E-state index contributed by atoms with van der Waals surface area (Å²) in [6.45, 7) is 2.12. The third kappa shape index (κ3) is 3.42. The Kier molecular flexibility index (Phi) is 4.20. The van der Waals surface area contributed by atoms with Crippen LogP contribution in [0.25, 0.3) is 0 Å². The average Bonchev–Trinajstić information content (AvgIpc) is 2.49. The smallest absolute Gasteiger partial charge is 0.234 e. The van der Waals surface area contributed by atoms with Crippen molar-refractivity contribution in [3.8, 4) is 0 Å². The predicted octanol–water partition coefficient (Wildman–Crippen LogP) is 1.37. The van der Waals surface area contributed by atoms with Crippen LogP contribution in [0.15, 0.2) is 24.3 Å². The molecule has 2 aliphatic rings. The van der Waals surface area contributed by atoms with Crippen molar-refractivity contribution in [2.24, 2.45) is 0 Å². The van der Waals surface area contributed by atoms with Gasteiger partial charge in [0, 0.05) is 18.2 Å². The van der Waals surface area contributed by atoms with Crippen molar-refractivity contribution in [3.05, 3.63) is 29.8 Å². The van der Waals surface area contributed by atoms with Gasteiger partial charge in [-0.05, 0) is 50.0 Å². The van der Waals surface area contributed by atoms with Crippen LogP contribution >= 0.6 is 0 Å². The van der Waals surface area contributed by atoms with E-state index in [9.17, 15) is 9.59 Å². The van der Waals surface area contributed by atoms with Crippen LogP contribution in [0.4, 0.5) is 5.69 Å². The molecular weight excluding hydrogens is 266 g/mol. The number of nitrogens with one attached hydrogen (secondary N) is 3. The fraction of sp³-hybridized carbons (Fsp3) is 0.500. The van der Waals surface area contributed by atoms with Gasteiger partial charge in [0.2, 0.25) is 11.8 Å². The van der Waals surface area contributed by atoms with Gasteiger partial charge in [0.15, 0.2) is 0 Å². The van der Waals surface area contributed by atoms with Gasteiger partial charge in [0.1, 0.15) is 0 Å². The third-order valence-corrected chi connectivity index (χ3v) is 4.26. The van der Waals surface area contributed by atoms with E-state index >= 15 is 0 Å². The summed E-state index contributed by atoms with van der Waals surface area (Å²) in [5.41, 5.74) is 2.08. The first-order valence-corrected chi connectivity index (χ1v) is 7.63. The third-order valence-electron chi connectivity index (χ3n) is 4.26. The van der Waals surface area contributed by atoms with Gasteiger partial charge in [-0.1, -0.05) is 12.1 Å². The molecule has 1 unspecified atom stereocenters. The average molecular weight is 287 g/mol. The number of anilines is 1. The highest BCUT2D eigenvalue weighted by Gasteiger charge is 2.27. The fourth-order valence-electron chi connectivity index (χ4n) is 3.03. The van der Waals surface area contributed by atoms with Gasteiger partial charge < -0.3 is 10.6 Å². The van der Waals surface area contributed by atoms with Crippen LogP contribution in [0.5, 0.6) is 0 Å². The maximum Gasteiger partial charge on any atom is 0.234 e. The summed E-state index contributed by atoms with van der Waals surface area (Å²) in [7, 11) is 0. The van der Waals surface area contributed by atoms with Crippen molar-refractivity contribution < 1.29 is 9.59 Å². The van der Waals surface area contributed by atoms with Crippen molar-refractivity contribution >= 4 is 17.5 Å². The lowest BCUT2D eigenvalue weighted by molar-refractivity contribution is -0.134. The molecule has 0 aliphatic carbocycles. The summed E-state index contributed by atoms with van der Waals surface area (Å²) < 4.78 is 0. The summed E-state index contributed by atoms with van der Waals surface area (Å²) >= 11 is 0. The van der Waals surface area contributed by atoms with Gasteiger partial charge in [-0.15, -0.1) is 0 Å². The van der Waals surface area contributed by atoms with Crippen molar-refractivity contribution in [1.82, 2.24) is 10.6 Å². The van der Waals surface area contributed by atoms with Crippen LogP contribution in [0.2, 0.25) is 0 Å². The van der Waals surface area contributed by atoms with Gasteiger partial charge in [-0.3, -0.25) is 14.9 Å². The van der Waals surface area contributed by atoms with Crippen LogP contribution in [0, 0.1) is 0 Å². The van der Waals surface area contributed by atoms with E-state index in [-0.39, 0.29) is 17.7 Å². The predicted molar refractivity (Wildman–Crippen MR) is 81.1 cm³/mol. The Morgan fingerprint density at radius 2 is 1.71 bits per heavy atom. The van der Waals surface area contributed by atoms with E-state index in [1.54, 1.807) is 0 Å². The van der Waals surface area contributed by atoms with E-state index in [1.165, 1.54) is 0 Å². The van der Waals surface area contributed by atoms with Crippen LogP contribution in [-0.4, -0.2) is 30.9 Å². The number of hydrogen-bond donors (Lipinski definition) is 3. The maximum atomic E-state index is 11.9. The van der Waals surface area contributed by atoms with Gasteiger partial charge in [0.25, 0.3) is 0 Å². The number of amides is 2.